The smallest absolute Gasteiger partial charge is 0.0701 e. The lowest BCUT2D eigenvalue weighted by atomic mass is 9.74. The molecule has 2 fully saturated rings. The fourth-order valence-electron chi connectivity index (χ4n) is 4.43. The molecule has 0 aromatic rings. The van der Waals surface area contributed by atoms with Crippen LogP contribution in [-0.4, -0.2) is 22.4 Å². The molecule has 2 aliphatic carbocycles. The summed E-state index contributed by atoms with van der Waals surface area (Å²) in [6.07, 6.45) is 6.95. The van der Waals surface area contributed by atoms with Crippen LogP contribution in [0.2, 0.25) is 0 Å². The van der Waals surface area contributed by atoms with Gasteiger partial charge in [0.25, 0.3) is 0 Å². The molecule has 2 unspecified atom stereocenters. The Bertz CT molecular complexity index is 326. The maximum absolute atomic E-state index is 10.9. The van der Waals surface area contributed by atoms with Gasteiger partial charge < -0.3 is 9.84 Å². The predicted molar refractivity (Wildman–Crippen MR) is 83.7 cm³/mol. The quantitative estimate of drug-likeness (QED) is 0.820. The summed E-state index contributed by atoms with van der Waals surface area (Å²) >= 11 is 0. The Balaban J connectivity index is 1.92. The van der Waals surface area contributed by atoms with Crippen LogP contribution in [0.3, 0.4) is 0 Å². The Labute approximate surface area is 125 Å². The zero-order valence-electron chi connectivity index (χ0n) is 14.3. The van der Waals surface area contributed by atoms with Crippen LogP contribution in [0.4, 0.5) is 0 Å². The minimum absolute atomic E-state index is 0.00479. The summed E-state index contributed by atoms with van der Waals surface area (Å²) in [4.78, 5) is 0. The van der Waals surface area contributed by atoms with Crippen molar-refractivity contribution >= 4 is 0 Å². The topological polar surface area (TPSA) is 29.5 Å². The fourth-order valence-corrected chi connectivity index (χ4v) is 4.43. The van der Waals surface area contributed by atoms with Crippen LogP contribution in [0.1, 0.15) is 80.1 Å². The molecule has 0 aromatic heterocycles. The standard InChI is InChI=1S/C18H34O2/c1-7-8-17(5,6)20-15-9-13-11-18(19,16(2,3)4)12-14(13)10-15/h13-15,19H,7-12H2,1-6H3. The summed E-state index contributed by atoms with van der Waals surface area (Å²) < 4.78 is 6.35. The highest BCUT2D eigenvalue weighted by Gasteiger charge is 2.54. The highest BCUT2D eigenvalue weighted by atomic mass is 16.5. The first-order valence-corrected chi connectivity index (χ1v) is 8.46. The van der Waals surface area contributed by atoms with Crippen LogP contribution >= 0.6 is 0 Å². The molecule has 2 saturated carbocycles. The Kier molecular flexibility index (Phi) is 4.30. The SMILES string of the molecule is CCCC(C)(C)OC1CC2CC(O)(C(C)(C)C)CC2C1. The molecule has 2 nitrogen and oxygen atoms in total. The van der Waals surface area contributed by atoms with E-state index in [0.29, 0.717) is 17.9 Å². The minimum Gasteiger partial charge on any atom is -0.389 e. The maximum atomic E-state index is 10.9. The molecule has 0 bridgehead atoms. The van der Waals surface area contributed by atoms with Gasteiger partial charge in [0.15, 0.2) is 0 Å². The Morgan fingerprint density at radius 1 is 1.05 bits per heavy atom. The van der Waals surface area contributed by atoms with Gasteiger partial charge in [-0.3, -0.25) is 0 Å². The monoisotopic (exact) mass is 282 g/mol. The Hall–Kier alpha value is -0.0800. The number of hydrogen-bond donors (Lipinski definition) is 1. The summed E-state index contributed by atoms with van der Waals surface area (Å²) in [7, 11) is 0. The summed E-state index contributed by atoms with van der Waals surface area (Å²) in [6, 6.07) is 0. The van der Waals surface area contributed by atoms with E-state index in [2.05, 4.69) is 41.5 Å². The van der Waals surface area contributed by atoms with E-state index in [1.807, 2.05) is 0 Å². The van der Waals surface area contributed by atoms with E-state index in [-0.39, 0.29) is 11.0 Å². The second-order valence-electron chi connectivity index (χ2n) is 8.93. The van der Waals surface area contributed by atoms with E-state index in [1.54, 1.807) is 0 Å². The van der Waals surface area contributed by atoms with Crippen molar-refractivity contribution in [2.75, 3.05) is 0 Å². The summed E-state index contributed by atoms with van der Waals surface area (Å²) in [5, 5.41) is 10.9. The van der Waals surface area contributed by atoms with Crippen molar-refractivity contribution in [2.24, 2.45) is 17.3 Å². The van der Waals surface area contributed by atoms with E-state index in [0.717, 1.165) is 32.1 Å². The summed E-state index contributed by atoms with van der Waals surface area (Å²) in [6.45, 7) is 13.2. The van der Waals surface area contributed by atoms with Crippen molar-refractivity contribution in [2.45, 2.75) is 97.4 Å². The van der Waals surface area contributed by atoms with Gasteiger partial charge in [-0.05, 0) is 63.2 Å². The molecule has 118 valence electrons. The predicted octanol–water partition coefficient (Wildman–Crippen LogP) is 4.55. The molecule has 0 aromatic carbocycles. The van der Waals surface area contributed by atoms with Crippen LogP contribution in [0.5, 0.6) is 0 Å². The molecule has 0 radical (unpaired) electrons. The lowest BCUT2D eigenvalue weighted by Gasteiger charge is -2.38. The lowest BCUT2D eigenvalue weighted by molar-refractivity contribution is -0.0886. The first kappa shape index (κ1) is 16.3. The van der Waals surface area contributed by atoms with Gasteiger partial charge in [-0.25, -0.2) is 0 Å². The Morgan fingerprint density at radius 3 is 1.95 bits per heavy atom. The van der Waals surface area contributed by atoms with E-state index in [9.17, 15) is 5.11 Å². The van der Waals surface area contributed by atoms with Gasteiger partial charge >= 0.3 is 0 Å². The zero-order valence-corrected chi connectivity index (χ0v) is 14.3. The molecule has 2 atom stereocenters. The van der Waals surface area contributed by atoms with Crippen molar-refractivity contribution in [1.82, 2.24) is 0 Å². The van der Waals surface area contributed by atoms with Crippen molar-refractivity contribution in [3.05, 3.63) is 0 Å². The second-order valence-corrected chi connectivity index (χ2v) is 8.93. The van der Waals surface area contributed by atoms with Crippen LogP contribution in [0.25, 0.3) is 0 Å². The maximum Gasteiger partial charge on any atom is 0.0701 e. The molecule has 2 aliphatic rings. The van der Waals surface area contributed by atoms with Crippen molar-refractivity contribution in [1.29, 1.82) is 0 Å². The van der Waals surface area contributed by atoms with Crippen molar-refractivity contribution < 1.29 is 9.84 Å². The Morgan fingerprint density at radius 2 is 1.55 bits per heavy atom. The third-order valence-corrected chi connectivity index (χ3v) is 5.73. The third-order valence-electron chi connectivity index (χ3n) is 5.73. The van der Waals surface area contributed by atoms with Gasteiger partial charge in [0.2, 0.25) is 0 Å². The van der Waals surface area contributed by atoms with E-state index >= 15 is 0 Å². The summed E-state index contributed by atoms with van der Waals surface area (Å²) in [5.41, 5.74) is -0.459. The number of ether oxygens (including phenoxy) is 1. The van der Waals surface area contributed by atoms with Gasteiger partial charge in [-0.15, -0.1) is 0 Å². The molecule has 1 N–H and O–H groups in total. The molecule has 0 heterocycles. The van der Waals surface area contributed by atoms with E-state index in [1.165, 1.54) is 6.42 Å². The van der Waals surface area contributed by atoms with Gasteiger partial charge in [0, 0.05) is 0 Å². The molecule has 2 heteroatoms. The van der Waals surface area contributed by atoms with Gasteiger partial charge in [-0.2, -0.15) is 0 Å². The molecular weight excluding hydrogens is 248 g/mol. The molecule has 2 rings (SSSR count). The largest absolute Gasteiger partial charge is 0.389 e. The third kappa shape index (κ3) is 3.22. The van der Waals surface area contributed by atoms with Gasteiger partial charge in [0.1, 0.15) is 0 Å². The average molecular weight is 282 g/mol. The van der Waals surface area contributed by atoms with Crippen LogP contribution in [-0.2, 0) is 4.74 Å². The van der Waals surface area contributed by atoms with E-state index in [4.69, 9.17) is 4.74 Å². The molecule has 20 heavy (non-hydrogen) atoms. The second kappa shape index (κ2) is 5.28. The summed E-state index contributed by atoms with van der Waals surface area (Å²) in [5.74, 6) is 1.34. The van der Waals surface area contributed by atoms with Crippen molar-refractivity contribution in [3.8, 4) is 0 Å². The average Bonchev–Trinajstić information content (AvgIpc) is 2.70. The normalized spacial score (nSPS) is 38.2. The van der Waals surface area contributed by atoms with Gasteiger partial charge in [-0.1, -0.05) is 34.1 Å². The highest BCUT2D eigenvalue weighted by Crippen LogP contribution is 2.55. The molecular formula is C18H34O2. The van der Waals surface area contributed by atoms with Crippen molar-refractivity contribution in [3.63, 3.8) is 0 Å². The fraction of sp³-hybridized carbons (Fsp3) is 1.00. The minimum atomic E-state index is -0.466. The van der Waals surface area contributed by atoms with Crippen LogP contribution in [0, 0.1) is 17.3 Å². The van der Waals surface area contributed by atoms with E-state index < -0.39 is 5.60 Å². The number of fused-ring (bicyclic) bond motifs is 1. The number of rotatable bonds is 4. The molecule has 0 aliphatic heterocycles. The first-order valence-electron chi connectivity index (χ1n) is 8.46. The number of aliphatic hydroxyl groups is 1. The highest BCUT2D eigenvalue weighted by molar-refractivity contribution is 5.04. The van der Waals surface area contributed by atoms with Crippen LogP contribution < -0.4 is 0 Å². The lowest BCUT2D eigenvalue weighted by Crippen LogP contribution is -2.41. The first-order chi connectivity index (χ1) is 9.06. The molecule has 0 spiro atoms. The molecule has 0 amide bonds. The molecule has 0 saturated heterocycles. The number of hydrogen-bond acceptors (Lipinski definition) is 2. The zero-order chi connectivity index (χ0) is 15.2. The van der Waals surface area contributed by atoms with Gasteiger partial charge in [0.05, 0.1) is 17.3 Å². The van der Waals surface area contributed by atoms with Crippen LogP contribution in [0.15, 0.2) is 0 Å².